The minimum atomic E-state index is -5.39. The lowest BCUT2D eigenvalue weighted by Gasteiger charge is -2.16. The summed E-state index contributed by atoms with van der Waals surface area (Å²) >= 11 is 0. The fraction of sp³-hybridized carbons (Fsp3) is 0.400. The van der Waals surface area contributed by atoms with E-state index in [2.05, 4.69) is 4.72 Å². The van der Waals surface area contributed by atoms with Crippen molar-refractivity contribution in [3.63, 3.8) is 0 Å². The molecule has 1 atom stereocenters. The summed E-state index contributed by atoms with van der Waals surface area (Å²) in [5.74, 6) is 0.607. The maximum absolute atomic E-state index is 12.4. The number of alkyl halides is 3. The predicted octanol–water partition coefficient (Wildman–Crippen LogP) is 3.39. The maximum atomic E-state index is 12.4. The van der Waals surface area contributed by atoms with Gasteiger partial charge in [0.2, 0.25) is 10.0 Å². The van der Waals surface area contributed by atoms with E-state index in [0.717, 1.165) is 11.1 Å². The summed E-state index contributed by atoms with van der Waals surface area (Å²) in [6.07, 6.45) is 0.142. The fourth-order valence-corrected chi connectivity index (χ4v) is 4.35. The van der Waals surface area contributed by atoms with Gasteiger partial charge in [-0.25, -0.2) is 26.3 Å². The van der Waals surface area contributed by atoms with Crippen LogP contribution < -0.4 is 14.2 Å². The molecule has 0 heterocycles. The molecule has 0 aromatic heterocycles. The minimum Gasteiger partial charge on any atom is -0.489 e. The summed E-state index contributed by atoms with van der Waals surface area (Å²) in [6.45, 7) is 3.19. The molecular weight excluding hydrogens is 469 g/mol. The molecule has 2 aromatic rings. The average molecular weight is 495 g/mol. The van der Waals surface area contributed by atoms with Gasteiger partial charge in [-0.1, -0.05) is 43.3 Å². The van der Waals surface area contributed by atoms with Crippen molar-refractivity contribution in [1.29, 1.82) is 0 Å². The third kappa shape index (κ3) is 7.76. The third-order valence-corrected chi connectivity index (χ3v) is 7.00. The van der Waals surface area contributed by atoms with Crippen LogP contribution in [0, 0.1) is 0 Å². The molecular formula is C20H25F3N2O5S2. The van der Waals surface area contributed by atoms with Crippen molar-refractivity contribution in [3.05, 3.63) is 54.1 Å². The van der Waals surface area contributed by atoms with Crippen LogP contribution in [0.1, 0.15) is 25.8 Å². The number of halogens is 3. The van der Waals surface area contributed by atoms with E-state index in [1.165, 1.54) is 16.9 Å². The van der Waals surface area contributed by atoms with Gasteiger partial charge in [-0.3, -0.25) is 0 Å². The van der Waals surface area contributed by atoms with E-state index in [1.54, 1.807) is 50.2 Å². The van der Waals surface area contributed by atoms with Gasteiger partial charge in [0.05, 0.1) is 5.75 Å². The molecule has 12 heteroatoms. The molecule has 0 bridgehead atoms. The van der Waals surface area contributed by atoms with Crippen molar-refractivity contribution in [2.24, 2.45) is 0 Å². The molecule has 178 valence electrons. The number of nitrogens with one attached hydrogen (secondary N) is 2. The lowest BCUT2D eigenvalue weighted by molar-refractivity contribution is -0.0448. The van der Waals surface area contributed by atoms with E-state index in [-0.39, 0.29) is 18.4 Å². The number of benzene rings is 2. The van der Waals surface area contributed by atoms with Crippen LogP contribution in [0.25, 0.3) is 11.1 Å². The summed E-state index contributed by atoms with van der Waals surface area (Å²) < 4.78 is 92.3. The Hall–Kier alpha value is -2.15. The molecule has 2 N–H and O–H groups in total. The molecule has 7 nitrogen and oxygen atoms in total. The van der Waals surface area contributed by atoms with Gasteiger partial charge >= 0.3 is 15.5 Å². The number of rotatable bonds is 11. The van der Waals surface area contributed by atoms with Gasteiger partial charge in [-0.15, -0.1) is 0 Å². The van der Waals surface area contributed by atoms with Gasteiger partial charge in [0, 0.05) is 13.1 Å². The largest absolute Gasteiger partial charge is 0.511 e. The lowest BCUT2D eigenvalue weighted by Crippen LogP contribution is -2.35. The molecule has 0 amide bonds. The van der Waals surface area contributed by atoms with E-state index >= 15 is 0 Å². The van der Waals surface area contributed by atoms with Crippen molar-refractivity contribution in [2.45, 2.75) is 38.4 Å². The highest BCUT2D eigenvalue weighted by molar-refractivity contribution is 7.90. The molecule has 0 saturated heterocycles. The van der Waals surface area contributed by atoms with Crippen molar-refractivity contribution < 1.29 is 34.7 Å². The predicted molar refractivity (Wildman–Crippen MR) is 116 cm³/mol. The minimum absolute atomic E-state index is 0.0570. The topological polar surface area (TPSA) is 102 Å². The van der Waals surface area contributed by atoms with E-state index in [1.807, 2.05) is 0 Å². The van der Waals surface area contributed by atoms with Gasteiger partial charge in [-0.05, 0) is 42.2 Å². The summed E-state index contributed by atoms with van der Waals surface area (Å²) in [5.41, 5.74) is -3.38. The monoisotopic (exact) mass is 494 g/mol. The number of sulfonamides is 2. The Bertz CT molecular complexity index is 1090. The van der Waals surface area contributed by atoms with E-state index in [9.17, 15) is 30.0 Å². The smallest absolute Gasteiger partial charge is 0.489 e. The average Bonchev–Trinajstić information content (AvgIpc) is 2.71. The summed E-state index contributed by atoms with van der Waals surface area (Å²) in [6, 6.07) is 13.4. The summed E-state index contributed by atoms with van der Waals surface area (Å²) in [5, 5.41) is 0. The van der Waals surface area contributed by atoms with Gasteiger partial charge in [0.25, 0.3) is 0 Å². The second-order valence-electron chi connectivity index (χ2n) is 7.09. The second kappa shape index (κ2) is 10.6. The van der Waals surface area contributed by atoms with Crippen LogP contribution in [0.2, 0.25) is 0 Å². The lowest BCUT2D eigenvalue weighted by atomic mass is 10.0. The van der Waals surface area contributed by atoms with E-state index in [0.29, 0.717) is 17.7 Å². The zero-order valence-corrected chi connectivity index (χ0v) is 19.1. The molecule has 2 aromatic carbocycles. The zero-order chi connectivity index (χ0) is 24.0. The van der Waals surface area contributed by atoms with Gasteiger partial charge in [0.1, 0.15) is 11.9 Å². The Morgan fingerprint density at radius 2 is 1.44 bits per heavy atom. The quantitative estimate of drug-likeness (QED) is 0.499. The first-order valence-electron chi connectivity index (χ1n) is 9.72. The first-order chi connectivity index (χ1) is 14.8. The van der Waals surface area contributed by atoms with Crippen LogP contribution in [0.3, 0.4) is 0 Å². The summed E-state index contributed by atoms with van der Waals surface area (Å²) in [7, 11) is -8.70. The highest BCUT2D eigenvalue weighted by Gasteiger charge is 2.45. The van der Waals surface area contributed by atoms with Crippen LogP contribution in [0.15, 0.2) is 48.5 Å². The van der Waals surface area contributed by atoms with Crippen LogP contribution in [-0.2, 0) is 26.6 Å². The third-order valence-electron chi connectivity index (χ3n) is 4.31. The molecule has 0 aliphatic heterocycles. The van der Waals surface area contributed by atoms with Crippen molar-refractivity contribution in [2.75, 3.05) is 12.3 Å². The molecule has 1 unspecified atom stereocenters. The van der Waals surface area contributed by atoms with Crippen LogP contribution in [-0.4, -0.2) is 40.7 Å². The van der Waals surface area contributed by atoms with E-state index in [4.69, 9.17) is 4.74 Å². The van der Waals surface area contributed by atoms with Gasteiger partial charge in [0.15, 0.2) is 0 Å². The first-order valence-corrected chi connectivity index (χ1v) is 12.9. The molecule has 0 aliphatic rings. The Balaban J connectivity index is 1.94. The fourth-order valence-electron chi connectivity index (χ4n) is 2.66. The van der Waals surface area contributed by atoms with Crippen LogP contribution in [0.4, 0.5) is 13.2 Å². The SMILES string of the molecule is CCCS(=O)(=O)NCC(C)Oc1ccc(-c2ccc(CNS(=O)(=O)C(F)(F)F)cc2)cc1. The molecule has 0 fully saturated rings. The van der Waals surface area contributed by atoms with Crippen molar-refractivity contribution >= 4 is 20.0 Å². The maximum Gasteiger partial charge on any atom is 0.511 e. The normalized spacial score (nSPS) is 13.7. The Morgan fingerprint density at radius 3 is 1.94 bits per heavy atom. The van der Waals surface area contributed by atoms with Gasteiger partial charge in [-0.2, -0.15) is 13.2 Å². The first kappa shape index (κ1) is 26.1. The van der Waals surface area contributed by atoms with E-state index < -0.39 is 32.1 Å². The standard InChI is InChI=1S/C20H25F3N2O5S2/c1-3-12-31(26,27)24-13-15(2)30-19-10-8-18(9-11-19)17-6-4-16(5-7-17)14-25-32(28,29)20(21,22)23/h4-11,15,24-25H,3,12-14H2,1-2H3. The number of ether oxygens (including phenoxy) is 1. The van der Waals surface area contributed by atoms with Gasteiger partial charge < -0.3 is 4.74 Å². The summed E-state index contributed by atoms with van der Waals surface area (Å²) in [4.78, 5) is 0. The Labute approximate surface area is 186 Å². The molecule has 2 rings (SSSR count). The highest BCUT2D eigenvalue weighted by Crippen LogP contribution is 2.24. The van der Waals surface area contributed by atoms with Crippen LogP contribution >= 0.6 is 0 Å². The second-order valence-corrected chi connectivity index (χ2v) is 10.8. The molecule has 0 aliphatic carbocycles. The van der Waals surface area contributed by atoms with Crippen LogP contribution in [0.5, 0.6) is 5.75 Å². The number of hydrogen-bond acceptors (Lipinski definition) is 5. The zero-order valence-electron chi connectivity index (χ0n) is 17.5. The highest BCUT2D eigenvalue weighted by atomic mass is 32.2. The Morgan fingerprint density at radius 1 is 0.906 bits per heavy atom. The Kier molecular flexibility index (Phi) is 8.68. The van der Waals surface area contributed by atoms with Crippen molar-refractivity contribution in [1.82, 2.24) is 9.44 Å². The number of hydrogen-bond donors (Lipinski definition) is 2. The molecule has 0 spiro atoms. The van der Waals surface area contributed by atoms with Crippen molar-refractivity contribution in [3.8, 4) is 16.9 Å². The molecule has 0 radical (unpaired) electrons. The molecule has 32 heavy (non-hydrogen) atoms. The molecule has 0 saturated carbocycles.